The fourth-order valence-electron chi connectivity index (χ4n) is 3.52. The fourth-order valence-corrected chi connectivity index (χ4v) is 4.88. The van der Waals surface area contributed by atoms with E-state index in [9.17, 15) is 4.79 Å². The zero-order chi connectivity index (χ0) is 19.6. The van der Waals surface area contributed by atoms with Crippen LogP contribution in [0.15, 0.2) is 54.2 Å². The highest BCUT2D eigenvalue weighted by Gasteiger charge is 2.32. The molecule has 3 rings (SSSR count). The minimum absolute atomic E-state index is 0.0113. The van der Waals surface area contributed by atoms with Crippen molar-refractivity contribution in [2.75, 3.05) is 13.6 Å². The Morgan fingerprint density at radius 1 is 1.41 bits per heavy atom. The van der Waals surface area contributed by atoms with Gasteiger partial charge in [-0.1, -0.05) is 42.4 Å². The summed E-state index contributed by atoms with van der Waals surface area (Å²) in [6.45, 7) is 6.71. The molecule has 0 saturated carbocycles. The van der Waals surface area contributed by atoms with Crippen LogP contribution in [0.4, 0.5) is 0 Å². The highest BCUT2D eigenvalue weighted by Crippen LogP contribution is 2.42. The van der Waals surface area contributed by atoms with Crippen molar-refractivity contribution in [1.82, 2.24) is 4.90 Å². The molecule has 1 aromatic carbocycles. The number of halogens is 1. The standard InChI is InChI=1S/C21H22ClN3OS/c1-4-21(26)25-11-18(16-9-20(22)27-19(16)12-25)15-8-6-5-7-14(15)17(10-23)13(2)24-3/h4-10,18H,1,11-12,23H2,2-3H3/t18-/m0/s1. The number of nitrogens with zero attached hydrogens (tertiary/aromatic N) is 2. The van der Waals surface area contributed by atoms with Gasteiger partial charge in [0, 0.05) is 41.9 Å². The fraction of sp³-hybridized carbons (Fsp3) is 0.238. The Kier molecular flexibility index (Phi) is 5.82. The topological polar surface area (TPSA) is 58.7 Å². The molecule has 2 N–H and O–H groups in total. The second-order valence-electron chi connectivity index (χ2n) is 6.38. The lowest BCUT2D eigenvalue weighted by Crippen LogP contribution is -2.37. The number of rotatable bonds is 4. The maximum atomic E-state index is 12.3. The second-order valence-corrected chi connectivity index (χ2v) is 8.15. The van der Waals surface area contributed by atoms with E-state index >= 15 is 0 Å². The smallest absolute Gasteiger partial charge is 0.246 e. The first kappa shape index (κ1) is 19.4. The Morgan fingerprint density at radius 2 is 2.15 bits per heavy atom. The zero-order valence-corrected chi connectivity index (χ0v) is 17.0. The number of hydrogen-bond donors (Lipinski definition) is 1. The highest BCUT2D eigenvalue weighted by atomic mass is 35.5. The average molecular weight is 400 g/mol. The van der Waals surface area contributed by atoms with Crippen molar-refractivity contribution in [2.45, 2.75) is 19.4 Å². The third kappa shape index (κ3) is 3.70. The van der Waals surface area contributed by atoms with Crippen LogP contribution in [0.25, 0.3) is 5.57 Å². The summed E-state index contributed by atoms with van der Waals surface area (Å²) < 4.78 is 0.733. The third-order valence-electron chi connectivity index (χ3n) is 4.93. The van der Waals surface area contributed by atoms with Gasteiger partial charge in [0.2, 0.25) is 5.91 Å². The van der Waals surface area contributed by atoms with Crippen molar-refractivity contribution < 1.29 is 4.79 Å². The molecule has 0 aliphatic carbocycles. The summed E-state index contributed by atoms with van der Waals surface area (Å²) >= 11 is 7.84. The van der Waals surface area contributed by atoms with Crippen molar-refractivity contribution in [3.8, 4) is 0 Å². The van der Waals surface area contributed by atoms with Crippen LogP contribution in [0.3, 0.4) is 0 Å². The summed E-state index contributed by atoms with van der Waals surface area (Å²) in [5.41, 5.74) is 11.0. The molecule has 0 radical (unpaired) electrons. The number of nitrogens with two attached hydrogens (primary N) is 1. The van der Waals surface area contributed by atoms with Crippen LogP contribution >= 0.6 is 22.9 Å². The Hall–Kier alpha value is -2.37. The van der Waals surface area contributed by atoms with Crippen LogP contribution in [0, 0.1) is 0 Å². The van der Waals surface area contributed by atoms with Gasteiger partial charge in [-0.3, -0.25) is 9.79 Å². The maximum Gasteiger partial charge on any atom is 0.246 e. The van der Waals surface area contributed by atoms with Crippen LogP contribution in [-0.4, -0.2) is 30.1 Å². The Bertz CT molecular complexity index is 945. The van der Waals surface area contributed by atoms with E-state index in [0.29, 0.717) is 13.1 Å². The first-order valence-corrected chi connectivity index (χ1v) is 9.84. The minimum atomic E-state index is -0.0754. The number of allylic oxidation sites excluding steroid dienone is 1. The van der Waals surface area contributed by atoms with Crippen LogP contribution in [-0.2, 0) is 11.3 Å². The number of aliphatic imine (C=N–C) groups is 1. The number of amides is 1. The Balaban J connectivity index is 2.15. The van der Waals surface area contributed by atoms with Crippen LogP contribution in [0.5, 0.6) is 0 Å². The molecule has 1 aliphatic heterocycles. The van der Waals surface area contributed by atoms with Crippen LogP contribution < -0.4 is 5.73 Å². The SMILES string of the molecule is C=CC(=O)N1Cc2sc(Cl)cc2[C@H](c2ccccc2C(=CN)C(C)=NC)C1. The normalized spacial score (nSPS) is 17.6. The molecule has 0 saturated heterocycles. The largest absolute Gasteiger partial charge is 0.404 e. The van der Waals surface area contributed by atoms with E-state index in [0.717, 1.165) is 31.6 Å². The first-order chi connectivity index (χ1) is 13.0. The molecule has 2 heterocycles. The van der Waals surface area contributed by atoms with Crippen LogP contribution in [0.1, 0.15) is 34.4 Å². The van der Waals surface area contributed by atoms with Gasteiger partial charge in [0.1, 0.15) is 0 Å². The molecule has 1 atom stereocenters. The molecule has 1 amide bonds. The Labute approximate surface area is 168 Å². The molecule has 140 valence electrons. The van der Waals surface area contributed by atoms with Crippen molar-refractivity contribution in [3.63, 3.8) is 0 Å². The molecule has 2 aromatic rings. The predicted octanol–water partition coefficient (Wildman–Crippen LogP) is 4.45. The summed E-state index contributed by atoms with van der Waals surface area (Å²) in [5, 5.41) is 0. The zero-order valence-electron chi connectivity index (χ0n) is 15.4. The van der Waals surface area contributed by atoms with E-state index in [1.165, 1.54) is 23.0 Å². The first-order valence-electron chi connectivity index (χ1n) is 8.64. The minimum Gasteiger partial charge on any atom is -0.404 e. The lowest BCUT2D eigenvalue weighted by molar-refractivity contribution is -0.127. The molecule has 0 spiro atoms. The molecule has 1 aliphatic rings. The lowest BCUT2D eigenvalue weighted by Gasteiger charge is -2.33. The summed E-state index contributed by atoms with van der Waals surface area (Å²) in [4.78, 5) is 19.5. The lowest BCUT2D eigenvalue weighted by atomic mass is 9.83. The Morgan fingerprint density at radius 3 is 2.81 bits per heavy atom. The molecule has 27 heavy (non-hydrogen) atoms. The maximum absolute atomic E-state index is 12.3. The van der Waals surface area contributed by atoms with Gasteiger partial charge in [-0.05, 0) is 35.8 Å². The molecule has 4 nitrogen and oxygen atoms in total. The van der Waals surface area contributed by atoms with Gasteiger partial charge in [-0.25, -0.2) is 0 Å². The molecule has 1 aromatic heterocycles. The predicted molar refractivity (Wildman–Crippen MR) is 114 cm³/mol. The molecule has 0 fully saturated rings. The van der Waals surface area contributed by atoms with E-state index < -0.39 is 0 Å². The summed E-state index contributed by atoms with van der Waals surface area (Å²) in [7, 11) is 1.75. The van der Waals surface area contributed by atoms with Crippen molar-refractivity contribution in [2.24, 2.45) is 10.7 Å². The van der Waals surface area contributed by atoms with E-state index in [1.807, 2.05) is 36.1 Å². The average Bonchev–Trinajstić information content (AvgIpc) is 3.07. The number of carbonyl (C=O) groups is 1. The molecule has 0 bridgehead atoms. The second kappa shape index (κ2) is 8.11. The van der Waals surface area contributed by atoms with Gasteiger partial charge in [-0.15, -0.1) is 11.3 Å². The highest BCUT2D eigenvalue weighted by molar-refractivity contribution is 7.16. The number of thiophene rings is 1. The molecular weight excluding hydrogens is 378 g/mol. The summed E-state index contributed by atoms with van der Waals surface area (Å²) in [6.07, 6.45) is 2.96. The van der Waals surface area contributed by atoms with Crippen molar-refractivity contribution >= 4 is 40.1 Å². The number of hydrogen-bond acceptors (Lipinski definition) is 4. The van der Waals surface area contributed by atoms with Gasteiger partial charge in [0.15, 0.2) is 0 Å². The van der Waals surface area contributed by atoms with Gasteiger partial charge in [-0.2, -0.15) is 0 Å². The quantitative estimate of drug-likeness (QED) is 0.609. The van der Waals surface area contributed by atoms with Gasteiger partial charge in [0.25, 0.3) is 0 Å². The number of carbonyl (C=O) groups excluding carboxylic acids is 1. The summed E-state index contributed by atoms with van der Waals surface area (Å²) in [6, 6.07) is 10.1. The molecule has 0 unspecified atom stereocenters. The third-order valence-corrected chi connectivity index (χ3v) is 6.19. The monoisotopic (exact) mass is 399 g/mol. The number of fused-ring (bicyclic) bond motifs is 1. The van der Waals surface area contributed by atoms with Crippen molar-refractivity contribution in [3.05, 3.63) is 75.1 Å². The van der Waals surface area contributed by atoms with E-state index in [4.69, 9.17) is 17.3 Å². The van der Waals surface area contributed by atoms with E-state index in [1.54, 1.807) is 13.2 Å². The van der Waals surface area contributed by atoms with Gasteiger partial charge < -0.3 is 10.6 Å². The van der Waals surface area contributed by atoms with Crippen molar-refractivity contribution in [1.29, 1.82) is 0 Å². The van der Waals surface area contributed by atoms with Crippen LogP contribution in [0.2, 0.25) is 4.34 Å². The number of benzene rings is 1. The van der Waals surface area contributed by atoms with E-state index in [-0.39, 0.29) is 11.8 Å². The van der Waals surface area contributed by atoms with Gasteiger partial charge in [0.05, 0.1) is 10.9 Å². The molecular formula is C21H22ClN3OS. The van der Waals surface area contributed by atoms with Gasteiger partial charge >= 0.3 is 0 Å². The molecule has 6 heteroatoms. The summed E-state index contributed by atoms with van der Waals surface area (Å²) in [5.74, 6) is -0.0641. The van der Waals surface area contributed by atoms with E-state index in [2.05, 4.69) is 17.6 Å².